The van der Waals surface area contributed by atoms with E-state index in [0.717, 1.165) is 22.7 Å². The first-order chi connectivity index (χ1) is 8.31. The zero-order valence-electron chi connectivity index (χ0n) is 9.88. The molecule has 2 heterocycles. The summed E-state index contributed by atoms with van der Waals surface area (Å²) in [6.45, 7) is 0.537. The summed E-state index contributed by atoms with van der Waals surface area (Å²) in [6.07, 6.45) is 3.61. The minimum Gasteiger partial charge on any atom is -0.497 e. The van der Waals surface area contributed by atoms with Crippen LogP contribution in [0.25, 0.3) is 0 Å². The molecule has 0 amide bonds. The summed E-state index contributed by atoms with van der Waals surface area (Å²) in [5.41, 5.74) is 3.37. The fourth-order valence-corrected chi connectivity index (χ4v) is 2.29. The summed E-state index contributed by atoms with van der Waals surface area (Å²) >= 11 is 0. The van der Waals surface area contributed by atoms with Gasteiger partial charge in [0.1, 0.15) is 11.9 Å². The molecule has 3 rings (SSSR count). The maximum atomic E-state index is 5.81. The van der Waals surface area contributed by atoms with Gasteiger partial charge in [-0.1, -0.05) is 0 Å². The van der Waals surface area contributed by atoms with Crippen LogP contribution in [0.4, 0.5) is 5.69 Å². The Morgan fingerprint density at radius 3 is 3.18 bits per heavy atom. The zero-order valence-corrected chi connectivity index (χ0v) is 9.88. The van der Waals surface area contributed by atoms with Gasteiger partial charge in [-0.05, 0) is 18.2 Å². The Labute approximate surface area is 100 Å². The van der Waals surface area contributed by atoms with Crippen molar-refractivity contribution in [3.63, 3.8) is 0 Å². The average molecular weight is 230 g/mol. The number of hydrogen-bond donors (Lipinski definition) is 0. The maximum Gasteiger partial charge on any atom is 0.127 e. The average Bonchev–Trinajstić information content (AvgIpc) is 2.57. The van der Waals surface area contributed by atoms with Crippen molar-refractivity contribution in [2.24, 2.45) is 4.99 Å². The number of methoxy groups -OCH3 is 1. The van der Waals surface area contributed by atoms with Gasteiger partial charge in [-0.15, -0.1) is 0 Å². The van der Waals surface area contributed by atoms with Gasteiger partial charge in [-0.3, -0.25) is 4.99 Å². The molecule has 0 radical (unpaired) electrons. The van der Waals surface area contributed by atoms with Crippen LogP contribution in [0.5, 0.6) is 5.75 Å². The molecule has 1 atom stereocenters. The van der Waals surface area contributed by atoms with Crippen LogP contribution in [-0.4, -0.2) is 27.0 Å². The first-order valence-electron chi connectivity index (χ1n) is 5.56. The van der Waals surface area contributed by atoms with Crippen molar-refractivity contribution in [3.05, 3.63) is 35.7 Å². The quantitative estimate of drug-likeness (QED) is 0.741. The first kappa shape index (κ1) is 10.4. The van der Waals surface area contributed by atoms with E-state index in [-0.39, 0.29) is 6.10 Å². The van der Waals surface area contributed by atoms with Gasteiger partial charge in [0, 0.05) is 30.7 Å². The zero-order chi connectivity index (χ0) is 11.8. The maximum absolute atomic E-state index is 5.81. The molecule has 2 aliphatic heterocycles. The molecule has 0 aliphatic carbocycles. The standard InChI is InChI=1S/C13H14N2O2/c1-15-11-4-3-9(16-2)7-10(11)13-12(15)8-14-5-6-17-13/h3-5,7-8,13H,6H2,1-2H3. The summed E-state index contributed by atoms with van der Waals surface area (Å²) in [4.78, 5) is 6.32. The summed E-state index contributed by atoms with van der Waals surface area (Å²) in [6, 6.07) is 6.05. The van der Waals surface area contributed by atoms with Gasteiger partial charge in [0.25, 0.3) is 0 Å². The Kier molecular flexibility index (Phi) is 2.37. The minimum atomic E-state index is -0.0346. The molecule has 4 nitrogen and oxygen atoms in total. The smallest absolute Gasteiger partial charge is 0.127 e. The molecule has 0 fully saturated rings. The number of nitrogens with zero attached hydrogens (tertiary/aromatic N) is 2. The first-order valence-corrected chi connectivity index (χ1v) is 5.56. The lowest BCUT2D eigenvalue weighted by Crippen LogP contribution is -2.14. The normalized spacial score (nSPS) is 21.6. The molecular weight excluding hydrogens is 216 g/mol. The molecule has 1 unspecified atom stereocenters. The van der Waals surface area contributed by atoms with Gasteiger partial charge < -0.3 is 14.4 Å². The Morgan fingerprint density at radius 2 is 2.35 bits per heavy atom. The van der Waals surface area contributed by atoms with Crippen molar-refractivity contribution in [1.82, 2.24) is 0 Å². The Balaban J connectivity index is 2.11. The third-order valence-corrected chi connectivity index (χ3v) is 3.18. The van der Waals surface area contributed by atoms with E-state index >= 15 is 0 Å². The fraction of sp³-hybridized carbons (Fsp3) is 0.308. The molecule has 2 aliphatic rings. The fourth-order valence-electron chi connectivity index (χ4n) is 2.29. The van der Waals surface area contributed by atoms with E-state index in [9.17, 15) is 0 Å². The molecule has 0 saturated heterocycles. The predicted molar refractivity (Wildman–Crippen MR) is 66.7 cm³/mol. The largest absolute Gasteiger partial charge is 0.497 e. The Hall–Kier alpha value is -1.81. The highest BCUT2D eigenvalue weighted by atomic mass is 16.5. The van der Waals surface area contributed by atoms with E-state index in [1.54, 1.807) is 13.3 Å². The number of rotatable bonds is 1. The van der Waals surface area contributed by atoms with Crippen molar-refractivity contribution in [2.45, 2.75) is 6.10 Å². The molecule has 1 aromatic carbocycles. The number of likely N-dealkylation sites (N-methyl/N-ethyl adjacent to an activating group) is 1. The number of anilines is 1. The van der Waals surface area contributed by atoms with Gasteiger partial charge >= 0.3 is 0 Å². The van der Waals surface area contributed by atoms with Crippen LogP contribution in [0.1, 0.15) is 11.7 Å². The Bertz CT molecular complexity index is 508. The van der Waals surface area contributed by atoms with Gasteiger partial charge in [-0.2, -0.15) is 0 Å². The molecule has 1 aromatic rings. The van der Waals surface area contributed by atoms with Crippen molar-refractivity contribution >= 4 is 11.9 Å². The van der Waals surface area contributed by atoms with Crippen molar-refractivity contribution in [1.29, 1.82) is 0 Å². The minimum absolute atomic E-state index is 0.0346. The van der Waals surface area contributed by atoms with E-state index in [1.165, 1.54) is 0 Å². The summed E-state index contributed by atoms with van der Waals surface area (Å²) in [5, 5.41) is 0. The second kappa shape index (κ2) is 3.89. The third-order valence-electron chi connectivity index (χ3n) is 3.18. The number of ether oxygens (including phenoxy) is 2. The number of benzene rings is 1. The molecular formula is C13H14N2O2. The topological polar surface area (TPSA) is 34.1 Å². The monoisotopic (exact) mass is 230 g/mol. The molecule has 0 bridgehead atoms. The summed E-state index contributed by atoms with van der Waals surface area (Å²) in [5.74, 6) is 0.854. The molecule has 88 valence electrons. The van der Waals surface area contributed by atoms with Crippen molar-refractivity contribution < 1.29 is 9.47 Å². The molecule has 0 saturated carbocycles. The second-order valence-electron chi connectivity index (χ2n) is 4.08. The summed E-state index contributed by atoms with van der Waals surface area (Å²) < 4.78 is 11.1. The van der Waals surface area contributed by atoms with Crippen LogP contribution in [-0.2, 0) is 4.74 Å². The van der Waals surface area contributed by atoms with E-state index in [2.05, 4.69) is 16.0 Å². The van der Waals surface area contributed by atoms with Gasteiger partial charge in [-0.25, -0.2) is 0 Å². The third kappa shape index (κ3) is 1.52. The molecule has 4 heteroatoms. The number of aliphatic imine (C=N–C) groups is 1. The molecule has 0 aromatic heterocycles. The van der Waals surface area contributed by atoms with Crippen LogP contribution >= 0.6 is 0 Å². The molecule has 17 heavy (non-hydrogen) atoms. The van der Waals surface area contributed by atoms with Crippen LogP contribution in [0.3, 0.4) is 0 Å². The van der Waals surface area contributed by atoms with E-state index < -0.39 is 0 Å². The number of hydrogen-bond acceptors (Lipinski definition) is 4. The molecule has 0 N–H and O–H groups in total. The van der Waals surface area contributed by atoms with E-state index in [0.29, 0.717) is 6.61 Å². The SMILES string of the molecule is COc1ccc2c(c1)C1OCC=NC=C1N2C. The molecule has 0 spiro atoms. The van der Waals surface area contributed by atoms with Crippen LogP contribution in [0.2, 0.25) is 0 Å². The van der Waals surface area contributed by atoms with Crippen LogP contribution in [0, 0.1) is 0 Å². The highest BCUT2D eigenvalue weighted by Gasteiger charge is 2.33. The second-order valence-corrected chi connectivity index (χ2v) is 4.08. The van der Waals surface area contributed by atoms with E-state index in [1.807, 2.05) is 25.4 Å². The Morgan fingerprint density at radius 1 is 1.47 bits per heavy atom. The lowest BCUT2D eigenvalue weighted by atomic mass is 10.1. The predicted octanol–water partition coefficient (Wildman–Crippen LogP) is 2.13. The van der Waals surface area contributed by atoms with Crippen molar-refractivity contribution in [2.75, 3.05) is 25.7 Å². The van der Waals surface area contributed by atoms with Gasteiger partial charge in [0.2, 0.25) is 0 Å². The number of fused-ring (bicyclic) bond motifs is 3. The highest BCUT2D eigenvalue weighted by Crippen LogP contribution is 2.44. The lowest BCUT2D eigenvalue weighted by molar-refractivity contribution is 0.116. The lowest BCUT2D eigenvalue weighted by Gasteiger charge is -2.15. The highest BCUT2D eigenvalue weighted by molar-refractivity contribution is 5.69. The van der Waals surface area contributed by atoms with Gasteiger partial charge in [0.05, 0.1) is 19.4 Å². The summed E-state index contributed by atoms with van der Waals surface area (Å²) in [7, 11) is 3.70. The van der Waals surface area contributed by atoms with Crippen LogP contribution in [0.15, 0.2) is 35.1 Å². The van der Waals surface area contributed by atoms with Crippen molar-refractivity contribution in [3.8, 4) is 5.75 Å². The van der Waals surface area contributed by atoms with Crippen LogP contribution < -0.4 is 9.64 Å². The van der Waals surface area contributed by atoms with E-state index in [4.69, 9.17) is 9.47 Å². The van der Waals surface area contributed by atoms with Gasteiger partial charge in [0.15, 0.2) is 0 Å².